The van der Waals surface area contributed by atoms with E-state index in [4.69, 9.17) is 11.6 Å². The van der Waals surface area contributed by atoms with Gasteiger partial charge >= 0.3 is 0 Å². The van der Waals surface area contributed by atoms with E-state index in [2.05, 4.69) is 10.2 Å². The number of aromatic nitrogens is 3. The van der Waals surface area contributed by atoms with Crippen molar-refractivity contribution in [3.63, 3.8) is 0 Å². The Morgan fingerprint density at radius 3 is 3.04 bits per heavy atom. The molecule has 2 atom stereocenters. The van der Waals surface area contributed by atoms with E-state index in [0.29, 0.717) is 29.5 Å². The SMILES string of the molecule is CC(O)C1CCCN(C(=O)c2cnn(-c3cccc(Cl)c3)n2)C1. The van der Waals surface area contributed by atoms with Crippen LogP contribution in [-0.2, 0) is 0 Å². The van der Waals surface area contributed by atoms with Crippen molar-refractivity contribution in [3.8, 4) is 5.69 Å². The molecule has 7 heteroatoms. The molecule has 2 unspecified atom stereocenters. The summed E-state index contributed by atoms with van der Waals surface area (Å²) in [5.74, 6) is -0.0284. The number of hydrogen-bond acceptors (Lipinski definition) is 4. The van der Waals surface area contributed by atoms with Gasteiger partial charge in [0.2, 0.25) is 0 Å². The Labute approximate surface area is 139 Å². The Morgan fingerprint density at radius 1 is 1.48 bits per heavy atom. The van der Waals surface area contributed by atoms with Crippen molar-refractivity contribution in [2.24, 2.45) is 5.92 Å². The van der Waals surface area contributed by atoms with Crippen LogP contribution in [0.25, 0.3) is 5.69 Å². The first kappa shape index (κ1) is 16.0. The van der Waals surface area contributed by atoms with E-state index in [1.165, 1.54) is 11.0 Å². The number of carbonyl (C=O) groups excluding carboxylic acids is 1. The summed E-state index contributed by atoms with van der Waals surface area (Å²) in [6.45, 7) is 3.01. The zero-order valence-corrected chi connectivity index (χ0v) is 13.6. The predicted molar refractivity (Wildman–Crippen MR) is 86.7 cm³/mol. The number of rotatable bonds is 3. The van der Waals surface area contributed by atoms with E-state index >= 15 is 0 Å². The van der Waals surface area contributed by atoms with Crippen LogP contribution in [0, 0.1) is 5.92 Å². The molecule has 0 spiro atoms. The molecule has 1 aromatic heterocycles. The van der Waals surface area contributed by atoms with Crippen LogP contribution >= 0.6 is 11.6 Å². The van der Waals surface area contributed by atoms with Crippen LogP contribution < -0.4 is 0 Å². The van der Waals surface area contributed by atoms with Crippen molar-refractivity contribution < 1.29 is 9.90 Å². The van der Waals surface area contributed by atoms with Crippen LogP contribution in [0.2, 0.25) is 5.02 Å². The molecule has 0 saturated carbocycles. The molecule has 1 N–H and O–H groups in total. The summed E-state index contributed by atoms with van der Waals surface area (Å²) < 4.78 is 0. The number of amides is 1. The summed E-state index contributed by atoms with van der Waals surface area (Å²) in [5, 5.41) is 18.7. The highest BCUT2D eigenvalue weighted by Gasteiger charge is 2.28. The third-order valence-electron chi connectivity index (χ3n) is 4.18. The zero-order valence-electron chi connectivity index (χ0n) is 12.9. The van der Waals surface area contributed by atoms with Crippen LogP contribution in [0.4, 0.5) is 0 Å². The molecule has 6 nitrogen and oxygen atoms in total. The number of halogens is 1. The summed E-state index contributed by atoms with van der Waals surface area (Å²) >= 11 is 5.96. The molecule has 1 saturated heterocycles. The maximum atomic E-state index is 12.6. The summed E-state index contributed by atoms with van der Waals surface area (Å²) in [6.07, 6.45) is 2.89. The van der Waals surface area contributed by atoms with Gasteiger partial charge in [-0.25, -0.2) is 0 Å². The molecule has 2 aromatic rings. The van der Waals surface area contributed by atoms with E-state index in [0.717, 1.165) is 12.8 Å². The number of aliphatic hydroxyl groups is 1. The third-order valence-corrected chi connectivity index (χ3v) is 4.41. The average Bonchev–Trinajstić information content (AvgIpc) is 3.04. The largest absolute Gasteiger partial charge is 0.393 e. The van der Waals surface area contributed by atoms with E-state index in [1.54, 1.807) is 30.0 Å². The molecule has 1 aliphatic heterocycles. The smallest absolute Gasteiger partial charge is 0.276 e. The monoisotopic (exact) mass is 334 g/mol. The Bertz CT molecular complexity index is 701. The van der Waals surface area contributed by atoms with Crippen molar-refractivity contribution in [1.29, 1.82) is 0 Å². The molecule has 2 heterocycles. The Balaban J connectivity index is 1.76. The second-order valence-electron chi connectivity index (χ2n) is 5.89. The maximum Gasteiger partial charge on any atom is 0.276 e. The van der Waals surface area contributed by atoms with Gasteiger partial charge < -0.3 is 10.0 Å². The van der Waals surface area contributed by atoms with Crippen LogP contribution in [-0.4, -0.2) is 50.1 Å². The number of hydrogen-bond donors (Lipinski definition) is 1. The standard InChI is InChI=1S/C16H19ClN4O2/c1-11(22)12-4-3-7-20(10-12)16(23)15-9-18-21(19-15)14-6-2-5-13(17)8-14/h2,5-6,8-9,11-12,22H,3-4,7,10H2,1H3. The highest BCUT2D eigenvalue weighted by Crippen LogP contribution is 2.21. The molecule has 1 fully saturated rings. The molecule has 3 rings (SSSR count). The third kappa shape index (κ3) is 3.54. The molecule has 0 aliphatic carbocycles. The molecule has 1 amide bonds. The van der Waals surface area contributed by atoms with Crippen molar-refractivity contribution in [2.75, 3.05) is 13.1 Å². The maximum absolute atomic E-state index is 12.6. The summed E-state index contributed by atoms with van der Waals surface area (Å²) in [5.41, 5.74) is 1.01. The zero-order chi connectivity index (χ0) is 16.4. The molecular weight excluding hydrogens is 316 g/mol. The van der Waals surface area contributed by atoms with Crippen molar-refractivity contribution in [2.45, 2.75) is 25.9 Å². The van der Waals surface area contributed by atoms with Gasteiger partial charge in [0.15, 0.2) is 5.69 Å². The van der Waals surface area contributed by atoms with Crippen molar-refractivity contribution in [1.82, 2.24) is 19.9 Å². The highest BCUT2D eigenvalue weighted by molar-refractivity contribution is 6.30. The van der Waals surface area contributed by atoms with E-state index < -0.39 is 6.10 Å². The molecule has 1 aromatic carbocycles. The van der Waals surface area contributed by atoms with Gasteiger partial charge in [-0.05, 0) is 38.0 Å². The average molecular weight is 335 g/mol. The molecule has 122 valence electrons. The van der Waals surface area contributed by atoms with Gasteiger partial charge in [-0.3, -0.25) is 4.79 Å². The number of likely N-dealkylation sites (tertiary alicyclic amines) is 1. The van der Waals surface area contributed by atoms with Crippen LogP contribution in [0.3, 0.4) is 0 Å². The summed E-state index contributed by atoms with van der Waals surface area (Å²) in [6, 6.07) is 7.13. The molecular formula is C16H19ClN4O2. The van der Waals surface area contributed by atoms with E-state index in [9.17, 15) is 9.90 Å². The summed E-state index contributed by atoms with van der Waals surface area (Å²) in [7, 11) is 0. The lowest BCUT2D eigenvalue weighted by atomic mass is 9.93. The van der Waals surface area contributed by atoms with Gasteiger partial charge in [-0.2, -0.15) is 9.90 Å². The van der Waals surface area contributed by atoms with Gasteiger partial charge in [-0.15, -0.1) is 5.10 Å². The predicted octanol–water partition coefficient (Wildman–Crippen LogP) is 2.15. The van der Waals surface area contributed by atoms with Crippen LogP contribution in [0.5, 0.6) is 0 Å². The quantitative estimate of drug-likeness (QED) is 0.933. The number of benzene rings is 1. The fourth-order valence-corrected chi connectivity index (χ4v) is 3.02. The number of piperidine rings is 1. The van der Waals surface area contributed by atoms with Gasteiger partial charge in [0.05, 0.1) is 18.0 Å². The molecule has 1 aliphatic rings. The van der Waals surface area contributed by atoms with Gasteiger partial charge in [0, 0.05) is 24.0 Å². The molecule has 0 radical (unpaired) electrons. The first-order chi connectivity index (χ1) is 11.0. The van der Waals surface area contributed by atoms with E-state index in [-0.39, 0.29) is 11.8 Å². The second kappa shape index (κ2) is 6.68. The first-order valence-corrected chi connectivity index (χ1v) is 8.08. The topological polar surface area (TPSA) is 71.2 Å². The summed E-state index contributed by atoms with van der Waals surface area (Å²) in [4.78, 5) is 15.7. The highest BCUT2D eigenvalue weighted by atomic mass is 35.5. The lowest BCUT2D eigenvalue weighted by Crippen LogP contribution is -2.43. The van der Waals surface area contributed by atoms with E-state index in [1.807, 2.05) is 6.07 Å². The van der Waals surface area contributed by atoms with Crippen LogP contribution in [0.1, 0.15) is 30.3 Å². The Hall–Kier alpha value is -1.92. The van der Waals surface area contributed by atoms with Gasteiger partial charge in [0.25, 0.3) is 5.91 Å². The minimum Gasteiger partial charge on any atom is -0.393 e. The Kier molecular flexibility index (Phi) is 4.63. The normalized spacial score (nSPS) is 19.6. The van der Waals surface area contributed by atoms with Crippen molar-refractivity contribution >= 4 is 17.5 Å². The lowest BCUT2D eigenvalue weighted by molar-refractivity contribution is 0.0461. The van der Waals surface area contributed by atoms with Gasteiger partial charge in [0.1, 0.15) is 0 Å². The number of nitrogens with zero attached hydrogens (tertiary/aromatic N) is 4. The lowest BCUT2D eigenvalue weighted by Gasteiger charge is -2.33. The molecule has 23 heavy (non-hydrogen) atoms. The number of carbonyl (C=O) groups is 1. The molecule has 0 bridgehead atoms. The number of aliphatic hydroxyl groups excluding tert-OH is 1. The Morgan fingerprint density at radius 2 is 2.30 bits per heavy atom. The fraction of sp³-hybridized carbons (Fsp3) is 0.438. The van der Waals surface area contributed by atoms with Gasteiger partial charge in [-0.1, -0.05) is 17.7 Å². The minimum atomic E-state index is -0.409. The fourth-order valence-electron chi connectivity index (χ4n) is 2.84. The second-order valence-corrected chi connectivity index (χ2v) is 6.33. The van der Waals surface area contributed by atoms with Crippen molar-refractivity contribution in [3.05, 3.63) is 41.2 Å². The first-order valence-electron chi connectivity index (χ1n) is 7.70. The minimum absolute atomic E-state index is 0.121. The van der Waals surface area contributed by atoms with Crippen LogP contribution in [0.15, 0.2) is 30.5 Å².